The van der Waals surface area contributed by atoms with Crippen LogP contribution in [0.1, 0.15) is 16.9 Å². The number of amides is 1. The number of nitrogens with zero attached hydrogens (tertiary/aromatic N) is 1. The van der Waals surface area contributed by atoms with Crippen LogP contribution in [0.2, 0.25) is 0 Å². The molecule has 0 unspecified atom stereocenters. The number of rotatable bonds is 3. The Hall–Kier alpha value is -1.94. The summed E-state index contributed by atoms with van der Waals surface area (Å²) in [5.41, 5.74) is 6.14. The maximum Gasteiger partial charge on any atom is 0.237 e. The second kappa shape index (κ2) is 5.41. The molecule has 1 aromatic rings. The van der Waals surface area contributed by atoms with Crippen molar-refractivity contribution in [3.05, 3.63) is 16.9 Å². The van der Waals surface area contributed by atoms with Crippen LogP contribution in [0.5, 0.6) is 0 Å². The summed E-state index contributed by atoms with van der Waals surface area (Å²) in [5, 5.41) is 18.2. The molecular formula is C10H12N4O2S. The molecule has 7 heteroatoms. The molecule has 0 spiro atoms. The van der Waals surface area contributed by atoms with Crippen molar-refractivity contribution in [1.82, 2.24) is 0 Å². The van der Waals surface area contributed by atoms with Gasteiger partial charge >= 0.3 is 0 Å². The predicted octanol–water partition coefficient (Wildman–Crippen LogP) is 1.33. The van der Waals surface area contributed by atoms with Crippen molar-refractivity contribution >= 4 is 28.7 Å². The van der Waals surface area contributed by atoms with Crippen molar-refractivity contribution in [3.63, 3.8) is 0 Å². The Kier molecular flexibility index (Phi) is 4.17. The lowest BCUT2D eigenvalue weighted by Crippen LogP contribution is -2.17. The van der Waals surface area contributed by atoms with E-state index >= 15 is 0 Å². The highest BCUT2D eigenvalue weighted by molar-refractivity contribution is 8.14. The second-order valence-electron chi connectivity index (χ2n) is 3.30. The Morgan fingerprint density at radius 1 is 1.65 bits per heavy atom. The fourth-order valence-electron chi connectivity index (χ4n) is 1.16. The van der Waals surface area contributed by atoms with Gasteiger partial charge in [-0.05, 0) is 13.8 Å². The van der Waals surface area contributed by atoms with E-state index in [0.29, 0.717) is 16.9 Å². The standard InChI is InChI=1S/C10H12N4O2S/c1-5-6(2)16-9(7(5)3-11)14-8(15)4-17-10(12)13/h4H2,1-2H3,(H3,12,13)(H,14,15). The first-order chi connectivity index (χ1) is 7.95. The van der Waals surface area contributed by atoms with E-state index in [-0.39, 0.29) is 22.7 Å². The molecule has 0 aliphatic heterocycles. The number of nitriles is 1. The van der Waals surface area contributed by atoms with Gasteiger partial charge in [-0.25, -0.2) is 0 Å². The van der Waals surface area contributed by atoms with Gasteiger partial charge in [-0.15, -0.1) is 0 Å². The summed E-state index contributed by atoms with van der Waals surface area (Å²) in [5.74, 6) is 0.391. The zero-order valence-electron chi connectivity index (χ0n) is 9.46. The van der Waals surface area contributed by atoms with E-state index in [1.807, 2.05) is 6.07 Å². The molecule has 0 radical (unpaired) electrons. The Morgan fingerprint density at radius 3 is 2.82 bits per heavy atom. The summed E-state index contributed by atoms with van der Waals surface area (Å²) in [4.78, 5) is 11.5. The van der Waals surface area contributed by atoms with Crippen molar-refractivity contribution in [2.75, 3.05) is 11.1 Å². The Balaban J connectivity index is 2.76. The lowest BCUT2D eigenvalue weighted by Gasteiger charge is -2.01. The van der Waals surface area contributed by atoms with Gasteiger partial charge < -0.3 is 10.2 Å². The number of carbonyl (C=O) groups is 1. The van der Waals surface area contributed by atoms with Crippen molar-refractivity contribution in [1.29, 1.82) is 10.7 Å². The molecule has 6 nitrogen and oxygen atoms in total. The number of nitrogens with one attached hydrogen (secondary N) is 2. The lowest BCUT2D eigenvalue weighted by atomic mass is 10.2. The molecule has 0 saturated carbocycles. The molecule has 4 N–H and O–H groups in total. The van der Waals surface area contributed by atoms with E-state index in [4.69, 9.17) is 20.8 Å². The normalized spacial score (nSPS) is 9.71. The fraction of sp³-hybridized carbons (Fsp3) is 0.300. The minimum atomic E-state index is -0.365. The summed E-state index contributed by atoms with van der Waals surface area (Å²) >= 11 is 0.908. The Bertz CT molecular complexity index is 501. The predicted molar refractivity (Wildman–Crippen MR) is 65.9 cm³/mol. The van der Waals surface area contributed by atoms with Crippen LogP contribution in [0, 0.1) is 30.6 Å². The number of aryl methyl sites for hydroxylation is 1. The third kappa shape index (κ3) is 3.26. The first kappa shape index (κ1) is 13.1. The summed E-state index contributed by atoms with van der Waals surface area (Å²) in [6.45, 7) is 3.47. The van der Waals surface area contributed by atoms with E-state index in [1.165, 1.54) is 0 Å². The van der Waals surface area contributed by atoms with Crippen molar-refractivity contribution in [3.8, 4) is 6.07 Å². The fourth-order valence-corrected chi connectivity index (χ4v) is 1.51. The quantitative estimate of drug-likeness (QED) is 0.554. The highest BCUT2D eigenvalue weighted by Gasteiger charge is 2.16. The zero-order chi connectivity index (χ0) is 13.0. The number of hydrogen-bond donors (Lipinski definition) is 3. The van der Waals surface area contributed by atoms with Gasteiger partial charge in [-0.3, -0.25) is 15.5 Å². The van der Waals surface area contributed by atoms with E-state index in [1.54, 1.807) is 13.8 Å². The third-order valence-corrected chi connectivity index (χ3v) is 2.83. The minimum Gasteiger partial charge on any atom is -0.444 e. The molecule has 0 aromatic carbocycles. The topological polar surface area (TPSA) is 116 Å². The maximum atomic E-state index is 11.5. The molecule has 90 valence electrons. The highest BCUT2D eigenvalue weighted by atomic mass is 32.2. The molecule has 0 fully saturated rings. The average Bonchev–Trinajstić information content (AvgIpc) is 2.51. The van der Waals surface area contributed by atoms with E-state index < -0.39 is 0 Å². The van der Waals surface area contributed by atoms with Gasteiger partial charge in [0.05, 0.1) is 5.75 Å². The van der Waals surface area contributed by atoms with Gasteiger partial charge in [0.2, 0.25) is 11.8 Å². The second-order valence-corrected chi connectivity index (χ2v) is 4.32. The van der Waals surface area contributed by atoms with Crippen LogP contribution in [0.4, 0.5) is 5.88 Å². The first-order valence-electron chi connectivity index (χ1n) is 4.72. The minimum absolute atomic E-state index is 0.0129. The average molecular weight is 252 g/mol. The Morgan fingerprint density at radius 2 is 2.29 bits per heavy atom. The van der Waals surface area contributed by atoms with Gasteiger partial charge in [0.1, 0.15) is 17.4 Å². The van der Waals surface area contributed by atoms with Crippen molar-refractivity contribution in [2.45, 2.75) is 13.8 Å². The molecule has 1 aromatic heterocycles. The zero-order valence-corrected chi connectivity index (χ0v) is 10.3. The number of amidine groups is 1. The van der Waals surface area contributed by atoms with Crippen LogP contribution < -0.4 is 11.1 Å². The highest BCUT2D eigenvalue weighted by Crippen LogP contribution is 2.25. The maximum absolute atomic E-state index is 11.5. The molecular weight excluding hydrogens is 240 g/mol. The largest absolute Gasteiger partial charge is 0.444 e. The number of furan rings is 1. The number of nitrogens with two attached hydrogens (primary N) is 1. The molecule has 0 aliphatic rings. The van der Waals surface area contributed by atoms with Crippen LogP contribution in [-0.4, -0.2) is 16.8 Å². The molecule has 1 rings (SSSR count). The summed E-state index contributed by atoms with van der Waals surface area (Å²) in [6.07, 6.45) is 0. The molecule has 0 saturated heterocycles. The van der Waals surface area contributed by atoms with Crippen molar-refractivity contribution < 1.29 is 9.21 Å². The van der Waals surface area contributed by atoms with Gasteiger partial charge in [0.25, 0.3) is 0 Å². The van der Waals surface area contributed by atoms with Crippen molar-refractivity contribution in [2.24, 2.45) is 5.73 Å². The van der Waals surface area contributed by atoms with Gasteiger partial charge in [0.15, 0.2) is 5.17 Å². The van der Waals surface area contributed by atoms with Gasteiger partial charge in [0, 0.05) is 5.56 Å². The number of carbonyl (C=O) groups excluding carboxylic acids is 1. The summed E-state index contributed by atoms with van der Waals surface area (Å²) in [6, 6.07) is 1.97. The molecule has 0 atom stereocenters. The van der Waals surface area contributed by atoms with E-state index in [0.717, 1.165) is 11.8 Å². The smallest absolute Gasteiger partial charge is 0.237 e. The van der Waals surface area contributed by atoms with Crippen LogP contribution in [0.25, 0.3) is 0 Å². The number of hydrogen-bond acceptors (Lipinski definition) is 5. The monoisotopic (exact) mass is 252 g/mol. The molecule has 0 bridgehead atoms. The number of thioether (sulfide) groups is 1. The molecule has 1 amide bonds. The molecule has 17 heavy (non-hydrogen) atoms. The number of anilines is 1. The summed E-state index contributed by atoms with van der Waals surface area (Å²) < 4.78 is 5.27. The molecule has 1 heterocycles. The summed E-state index contributed by atoms with van der Waals surface area (Å²) in [7, 11) is 0. The van der Waals surface area contributed by atoms with Gasteiger partial charge in [-0.2, -0.15) is 5.26 Å². The van der Waals surface area contributed by atoms with Crippen LogP contribution >= 0.6 is 11.8 Å². The molecule has 0 aliphatic carbocycles. The van der Waals surface area contributed by atoms with E-state index in [9.17, 15) is 4.79 Å². The van der Waals surface area contributed by atoms with Crippen LogP contribution in [0.15, 0.2) is 4.42 Å². The van der Waals surface area contributed by atoms with Gasteiger partial charge in [-0.1, -0.05) is 11.8 Å². The SMILES string of the molecule is Cc1oc(NC(=O)CSC(=N)N)c(C#N)c1C. The van der Waals surface area contributed by atoms with Crippen LogP contribution in [0.3, 0.4) is 0 Å². The van der Waals surface area contributed by atoms with E-state index in [2.05, 4.69) is 5.32 Å². The lowest BCUT2D eigenvalue weighted by molar-refractivity contribution is -0.113. The third-order valence-electron chi connectivity index (χ3n) is 2.11. The Labute approximate surface area is 103 Å². The van der Waals surface area contributed by atoms with Crippen LogP contribution in [-0.2, 0) is 4.79 Å². The first-order valence-corrected chi connectivity index (χ1v) is 5.71.